The highest BCUT2D eigenvalue weighted by Gasteiger charge is 2.40. The average molecular weight is 332 g/mol. The van der Waals surface area contributed by atoms with Crippen molar-refractivity contribution in [1.82, 2.24) is 15.2 Å². The van der Waals surface area contributed by atoms with Gasteiger partial charge in [0.15, 0.2) is 5.96 Å². The molecule has 1 heterocycles. The fourth-order valence-electron chi connectivity index (χ4n) is 2.78. The molecule has 1 aliphatic carbocycles. The lowest BCUT2D eigenvalue weighted by Gasteiger charge is -2.21. The minimum Gasteiger partial charge on any atom is -0.353 e. The summed E-state index contributed by atoms with van der Waals surface area (Å²) in [5, 5.41) is 6.56. The van der Waals surface area contributed by atoms with Crippen LogP contribution in [0.4, 0.5) is 4.39 Å². The second-order valence-electron chi connectivity index (χ2n) is 5.88. The number of rotatable bonds is 4. The Morgan fingerprint density at radius 2 is 2.26 bits per heavy atom. The molecule has 1 aliphatic rings. The number of benzene rings is 1. The van der Waals surface area contributed by atoms with Crippen LogP contribution >= 0.6 is 11.3 Å². The third-order valence-electron chi connectivity index (χ3n) is 4.05. The Kier molecular flexibility index (Phi) is 4.61. The molecule has 4 nitrogen and oxygen atoms in total. The van der Waals surface area contributed by atoms with Crippen molar-refractivity contribution in [3.05, 3.63) is 51.7 Å². The Labute approximate surface area is 140 Å². The first-order valence-electron chi connectivity index (χ1n) is 7.68. The van der Waals surface area contributed by atoms with E-state index in [0.717, 1.165) is 28.6 Å². The van der Waals surface area contributed by atoms with Crippen LogP contribution in [0.2, 0.25) is 0 Å². The zero-order chi connectivity index (χ0) is 16.4. The normalized spacial score (nSPS) is 20.4. The lowest BCUT2D eigenvalue weighted by Crippen LogP contribution is -2.40. The van der Waals surface area contributed by atoms with Gasteiger partial charge in [-0.1, -0.05) is 18.2 Å². The second kappa shape index (κ2) is 6.66. The molecule has 0 spiro atoms. The lowest BCUT2D eigenvalue weighted by molar-refractivity contribution is 0.469. The van der Waals surface area contributed by atoms with Gasteiger partial charge in [0.25, 0.3) is 0 Å². The maximum Gasteiger partial charge on any atom is 0.193 e. The summed E-state index contributed by atoms with van der Waals surface area (Å²) in [5.74, 6) is 0.922. The van der Waals surface area contributed by atoms with E-state index < -0.39 is 0 Å². The monoisotopic (exact) mass is 332 g/mol. The summed E-state index contributed by atoms with van der Waals surface area (Å²) in [5.41, 5.74) is 1.83. The molecule has 0 saturated heterocycles. The highest BCUT2D eigenvalue weighted by atomic mass is 32.1. The average Bonchev–Trinajstić information content (AvgIpc) is 3.18. The smallest absolute Gasteiger partial charge is 0.193 e. The fourth-order valence-corrected chi connectivity index (χ4v) is 3.39. The van der Waals surface area contributed by atoms with Gasteiger partial charge in [-0.15, -0.1) is 11.3 Å². The second-order valence-corrected chi connectivity index (χ2v) is 6.94. The molecule has 0 amide bonds. The molecule has 23 heavy (non-hydrogen) atoms. The van der Waals surface area contributed by atoms with E-state index in [1.54, 1.807) is 24.5 Å². The number of hydrogen-bond acceptors (Lipinski definition) is 3. The minimum atomic E-state index is -0.122. The molecule has 1 saturated carbocycles. The van der Waals surface area contributed by atoms with Crippen molar-refractivity contribution >= 4 is 17.3 Å². The van der Waals surface area contributed by atoms with Gasteiger partial charge in [0, 0.05) is 31.4 Å². The van der Waals surface area contributed by atoms with Gasteiger partial charge >= 0.3 is 0 Å². The Morgan fingerprint density at radius 3 is 2.91 bits per heavy atom. The van der Waals surface area contributed by atoms with E-state index in [1.165, 1.54) is 6.07 Å². The fraction of sp³-hybridized carbons (Fsp3) is 0.412. The number of halogens is 1. The molecule has 1 aromatic heterocycles. The molecule has 0 radical (unpaired) electrons. The predicted octanol–water partition coefficient (Wildman–Crippen LogP) is 3.15. The van der Waals surface area contributed by atoms with Crippen LogP contribution in [0.15, 0.2) is 34.6 Å². The van der Waals surface area contributed by atoms with Crippen LogP contribution in [0.3, 0.4) is 0 Å². The molecule has 3 rings (SSSR count). The zero-order valence-electron chi connectivity index (χ0n) is 13.6. The van der Waals surface area contributed by atoms with Crippen LogP contribution in [0.25, 0.3) is 0 Å². The first-order valence-corrected chi connectivity index (χ1v) is 8.56. The molecular formula is C17H21FN4S. The van der Waals surface area contributed by atoms with Crippen LogP contribution in [-0.4, -0.2) is 36.0 Å². The van der Waals surface area contributed by atoms with Gasteiger partial charge in [-0.2, -0.15) is 0 Å². The first-order chi connectivity index (χ1) is 11.1. The molecule has 2 atom stereocenters. The summed E-state index contributed by atoms with van der Waals surface area (Å²) in [7, 11) is 3.76. The topological polar surface area (TPSA) is 40.5 Å². The number of thiazole rings is 1. The van der Waals surface area contributed by atoms with Crippen molar-refractivity contribution in [2.24, 2.45) is 4.99 Å². The number of aryl methyl sites for hydroxylation is 1. The molecule has 1 N–H and O–H groups in total. The molecule has 2 aromatic rings. The highest BCUT2D eigenvalue weighted by molar-refractivity contribution is 7.09. The van der Waals surface area contributed by atoms with Crippen molar-refractivity contribution in [3.63, 3.8) is 0 Å². The Morgan fingerprint density at radius 1 is 1.48 bits per heavy atom. The lowest BCUT2D eigenvalue weighted by atomic mass is 10.1. The largest absolute Gasteiger partial charge is 0.353 e. The number of nitrogens with zero attached hydrogens (tertiary/aromatic N) is 3. The number of guanidine groups is 1. The van der Waals surface area contributed by atoms with E-state index in [9.17, 15) is 4.39 Å². The summed E-state index contributed by atoms with van der Waals surface area (Å²) in [6, 6.07) is 7.25. The molecule has 122 valence electrons. The van der Waals surface area contributed by atoms with Crippen LogP contribution in [0.1, 0.15) is 28.6 Å². The van der Waals surface area contributed by atoms with Crippen LogP contribution in [0, 0.1) is 12.7 Å². The quantitative estimate of drug-likeness (QED) is 0.691. The van der Waals surface area contributed by atoms with Gasteiger partial charge in [0.05, 0.1) is 17.2 Å². The molecular weight excluding hydrogens is 311 g/mol. The summed E-state index contributed by atoms with van der Waals surface area (Å²) in [6.45, 7) is 2.71. The Bertz CT molecular complexity index is 712. The number of aliphatic imine (C=N–C) groups is 1. The zero-order valence-corrected chi connectivity index (χ0v) is 14.4. The van der Waals surface area contributed by atoms with Gasteiger partial charge < -0.3 is 10.2 Å². The van der Waals surface area contributed by atoms with Gasteiger partial charge in [-0.05, 0) is 25.0 Å². The summed E-state index contributed by atoms with van der Waals surface area (Å²) >= 11 is 1.65. The molecule has 1 aromatic carbocycles. The molecule has 1 fully saturated rings. The Balaban J connectivity index is 1.59. The van der Waals surface area contributed by atoms with E-state index >= 15 is 0 Å². The van der Waals surface area contributed by atoms with Crippen molar-refractivity contribution in [3.8, 4) is 0 Å². The first kappa shape index (κ1) is 15.9. The molecule has 0 aliphatic heterocycles. The standard InChI is InChI=1S/C17H21FN4S/c1-11-20-12(10-23-11)9-22(3)17(19-2)21-16-8-14(16)13-6-4-5-7-15(13)18/h4-7,10,14,16H,8-9H2,1-3H3,(H,19,21). The van der Waals surface area contributed by atoms with Crippen molar-refractivity contribution in [2.45, 2.75) is 31.8 Å². The highest BCUT2D eigenvalue weighted by Crippen LogP contribution is 2.41. The number of nitrogens with one attached hydrogen (secondary N) is 1. The van der Waals surface area contributed by atoms with Gasteiger partial charge in [-0.25, -0.2) is 9.37 Å². The third kappa shape index (κ3) is 3.69. The van der Waals surface area contributed by atoms with Crippen LogP contribution < -0.4 is 5.32 Å². The van der Waals surface area contributed by atoms with E-state index in [2.05, 4.69) is 20.7 Å². The van der Waals surface area contributed by atoms with Crippen LogP contribution in [0.5, 0.6) is 0 Å². The number of hydrogen-bond donors (Lipinski definition) is 1. The summed E-state index contributed by atoms with van der Waals surface area (Å²) in [4.78, 5) is 10.9. The minimum absolute atomic E-state index is 0.122. The van der Waals surface area contributed by atoms with E-state index in [4.69, 9.17) is 0 Å². The SMILES string of the molecule is CN=C(NC1CC1c1ccccc1F)N(C)Cc1csc(C)n1. The summed E-state index contributed by atoms with van der Waals surface area (Å²) in [6.07, 6.45) is 0.934. The summed E-state index contributed by atoms with van der Waals surface area (Å²) < 4.78 is 13.8. The maximum absolute atomic E-state index is 13.8. The van der Waals surface area contributed by atoms with E-state index in [-0.39, 0.29) is 17.8 Å². The van der Waals surface area contributed by atoms with Crippen LogP contribution in [-0.2, 0) is 6.54 Å². The van der Waals surface area contributed by atoms with Crippen molar-refractivity contribution in [1.29, 1.82) is 0 Å². The van der Waals surface area contributed by atoms with E-state index in [1.807, 2.05) is 31.0 Å². The third-order valence-corrected chi connectivity index (χ3v) is 4.87. The predicted molar refractivity (Wildman–Crippen MR) is 92.4 cm³/mol. The van der Waals surface area contributed by atoms with E-state index in [0.29, 0.717) is 6.54 Å². The molecule has 6 heteroatoms. The number of aromatic nitrogens is 1. The Hall–Kier alpha value is -1.95. The maximum atomic E-state index is 13.8. The molecule has 0 bridgehead atoms. The van der Waals surface area contributed by atoms with Crippen molar-refractivity contribution < 1.29 is 4.39 Å². The van der Waals surface area contributed by atoms with Crippen molar-refractivity contribution in [2.75, 3.05) is 14.1 Å². The molecule has 2 unspecified atom stereocenters. The van der Waals surface area contributed by atoms with Gasteiger partial charge in [0.1, 0.15) is 5.82 Å². The van der Waals surface area contributed by atoms with Gasteiger partial charge in [0.2, 0.25) is 0 Å². The van der Waals surface area contributed by atoms with Gasteiger partial charge in [-0.3, -0.25) is 4.99 Å².